The molecule has 0 unspecified atom stereocenters. The van der Waals surface area contributed by atoms with E-state index in [2.05, 4.69) is 5.32 Å². The number of thiophene rings is 1. The number of nitrogens with one attached hydrogen (secondary N) is 1. The summed E-state index contributed by atoms with van der Waals surface area (Å²) >= 11 is 0.716. The highest BCUT2D eigenvalue weighted by Crippen LogP contribution is 2.44. The first kappa shape index (κ1) is 21.3. The maximum absolute atomic E-state index is 13.5. The molecule has 0 saturated heterocycles. The predicted octanol–water partition coefficient (Wildman–Crippen LogP) is 6.41. The molecular formula is C21H19ClF3NO2S. The molecule has 2 heterocycles. The summed E-state index contributed by atoms with van der Waals surface area (Å²) in [4.78, 5) is -0.103. The summed E-state index contributed by atoms with van der Waals surface area (Å²) in [7, 11) is 1.57. The molecule has 29 heavy (non-hydrogen) atoms. The van der Waals surface area contributed by atoms with Gasteiger partial charge in [-0.1, -0.05) is 30.3 Å². The van der Waals surface area contributed by atoms with Crippen molar-refractivity contribution in [2.45, 2.75) is 19.2 Å². The second-order valence-corrected chi connectivity index (χ2v) is 7.54. The lowest BCUT2D eigenvalue weighted by molar-refractivity contribution is -0.133. The SMILES string of the molecule is COc1c(OCc2cc(-c3ccccc3)c(C(F)(F)F)s2)ccc2c1CCN2.Cl. The van der Waals surface area contributed by atoms with Gasteiger partial charge >= 0.3 is 6.18 Å². The maximum Gasteiger partial charge on any atom is 0.426 e. The minimum absolute atomic E-state index is 0. The molecule has 0 amide bonds. The lowest BCUT2D eigenvalue weighted by atomic mass is 10.1. The Morgan fingerprint density at radius 1 is 1.10 bits per heavy atom. The van der Waals surface area contributed by atoms with Crippen LogP contribution in [0.2, 0.25) is 0 Å². The monoisotopic (exact) mass is 441 g/mol. The Hall–Kier alpha value is -2.38. The zero-order valence-corrected chi connectivity index (χ0v) is 17.1. The van der Waals surface area contributed by atoms with E-state index in [1.165, 1.54) is 0 Å². The van der Waals surface area contributed by atoms with Gasteiger partial charge in [0.1, 0.15) is 11.5 Å². The Morgan fingerprint density at radius 3 is 2.55 bits per heavy atom. The normalized spacial score (nSPS) is 12.7. The molecule has 2 aromatic carbocycles. The quantitative estimate of drug-likeness (QED) is 0.496. The molecule has 1 N–H and O–H groups in total. The third kappa shape index (κ3) is 4.31. The lowest BCUT2D eigenvalue weighted by Crippen LogP contribution is -2.03. The predicted molar refractivity (Wildman–Crippen MR) is 112 cm³/mol. The van der Waals surface area contributed by atoms with Gasteiger partial charge in [0.25, 0.3) is 0 Å². The van der Waals surface area contributed by atoms with Crippen LogP contribution in [0.1, 0.15) is 15.3 Å². The van der Waals surface area contributed by atoms with Crippen LogP contribution in [0.15, 0.2) is 48.5 Å². The van der Waals surface area contributed by atoms with Crippen LogP contribution in [0.25, 0.3) is 11.1 Å². The molecule has 154 valence electrons. The van der Waals surface area contributed by atoms with Crippen molar-refractivity contribution in [2.75, 3.05) is 19.0 Å². The van der Waals surface area contributed by atoms with Crippen LogP contribution >= 0.6 is 23.7 Å². The van der Waals surface area contributed by atoms with Gasteiger partial charge in [0, 0.05) is 28.2 Å². The molecule has 3 nitrogen and oxygen atoms in total. The third-order valence-corrected chi connectivity index (χ3v) is 5.77. The summed E-state index contributed by atoms with van der Waals surface area (Å²) in [6.45, 7) is 0.874. The Labute approximate surface area is 176 Å². The molecule has 1 aliphatic rings. The van der Waals surface area contributed by atoms with Gasteiger partial charge in [0.2, 0.25) is 0 Å². The number of hydrogen-bond acceptors (Lipinski definition) is 4. The van der Waals surface area contributed by atoms with Gasteiger partial charge in [-0.15, -0.1) is 23.7 Å². The molecule has 3 aromatic rings. The number of alkyl halides is 3. The number of ether oxygens (including phenoxy) is 2. The molecule has 0 saturated carbocycles. The fraction of sp³-hybridized carbons (Fsp3) is 0.238. The first-order chi connectivity index (χ1) is 13.5. The van der Waals surface area contributed by atoms with E-state index in [0.29, 0.717) is 33.3 Å². The smallest absolute Gasteiger partial charge is 0.426 e. The number of benzene rings is 2. The van der Waals surface area contributed by atoms with Crippen LogP contribution in [0.3, 0.4) is 0 Å². The molecule has 4 rings (SSSR count). The fourth-order valence-corrected chi connectivity index (χ4v) is 4.34. The van der Waals surface area contributed by atoms with Crippen molar-refractivity contribution in [3.8, 4) is 22.6 Å². The summed E-state index contributed by atoms with van der Waals surface area (Å²) in [5.74, 6) is 1.17. The standard InChI is InChI=1S/C21H18F3NO2S.ClH/c1-26-19-15-9-10-25-17(15)7-8-18(19)27-12-14-11-16(13-5-3-2-4-6-13)20(28-14)21(22,23)24;/h2-8,11,25H,9-10,12H2,1H3;1H. The highest BCUT2D eigenvalue weighted by Gasteiger charge is 2.36. The maximum atomic E-state index is 13.5. The number of fused-ring (bicyclic) bond motifs is 1. The molecule has 0 fully saturated rings. The van der Waals surface area contributed by atoms with Gasteiger partial charge in [-0.25, -0.2) is 0 Å². The number of anilines is 1. The third-order valence-electron chi connectivity index (χ3n) is 4.61. The number of halogens is 4. The fourth-order valence-electron chi connectivity index (χ4n) is 3.38. The van der Waals surface area contributed by atoms with Crippen LogP contribution in [-0.4, -0.2) is 13.7 Å². The van der Waals surface area contributed by atoms with Crippen LogP contribution in [0.5, 0.6) is 11.5 Å². The van der Waals surface area contributed by atoms with Crippen molar-refractivity contribution in [2.24, 2.45) is 0 Å². The van der Waals surface area contributed by atoms with E-state index in [1.807, 2.05) is 6.07 Å². The van der Waals surface area contributed by atoms with Crippen molar-refractivity contribution in [3.05, 3.63) is 63.8 Å². The Morgan fingerprint density at radius 2 is 1.86 bits per heavy atom. The first-order valence-electron chi connectivity index (χ1n) is 8.79. The van der Waals surface area contributed by atoms with Crippen LogP contribution in [-0.2, 0) is 19.2 Å². The minimum Gasteiger partial charge on any atom is -0.492 e. The lowest BCUT2D eigenvalue weighted by Gasteiger charge is -2.13. The van der Waals surface area contributed by atoms with Crippen LogP contribution in [0, 0.1) is 0 Å². The van der Waals surface area contributed by atoms with E-state index in [9.17, 15) is 13.2 Å². The molecular weight excluding hydrogens is 423 g/mol. The van der Waals surface area contributed by atoms with E-state index in [0.717, 1.165) is 24.2 Å². The van der Waals surface area contributed by atoms with E-state index < -0.39 is 11.1 Å². The van der Waals surface area contributed by atoms with Crippen molar-refractivity contribution >= 4 is 29.4 Å². The van der Waals surface area contributed by atoms with Gasteiger partial charge in [-0.3, -0.25) is 0 Å². The topological polar surface area (TPSA) is 30.5 Å². The van der Waals surface area contributed by atoms with Gasteiger partial charge < -0.3 is 14.8 Å². The highest BCUT2D eigenvalue weighted by molar-refractivity contribution is 7.12. The van der Waals surface area contributed by atoms with E-state index in [-0.39, 0.29) is 24.6 Å². The molecule has 1 aliphatic heterocycles. The van der Waals surface area contributed by atoms with Crippen LogP contribution < -0.4 is 14.8 Å². The van der Waals surface area contributed by atoms with Crippen molar-refractivity contribution in [1.82, 2.24) is 0 Å². The number of hydrogen-bond donors (Lipinski definition) is 1. The first-order valence-corrected chi connectivity index (χ1v) is 9.61. The molecule has 1 aromatic heterocycles. The summed E-state index contributed by atoms with van der Waals surface area (Å²) < 4.78 is 51.9. The van der Waals surface area contributed by atoms with Crippen LogP contribution in [0.4, 0.5) is 18.9 Å². The van der Waals surface area contributed by atoms with Gasteiger partial charge in [0.15, 0.2) is 11.5 Å². The number of rotatable bonds is 5. The van der Waals surface area contributed by atoms with E-state index in [1.54, 1.807) is 49.6 Å². The average Bonchev–Trinajstić information content (AvgIpc) is 3.33. The summed E-state index contributed by atoms with van der Waals surface area (Å²) in [6.07, 6.45) is -3.59. The summed E-state index contributed by atoms with van der Waals surface area (Å²) in [5.41, 5.74) is 2.76. The van der Waals surface area contributed by atoms with Gasteiger partial charge in [0.05, 0.1) is 7.11 Å². The Bertz CT molecular complexity index is 990. The van der Waals surface area contributed by atoms with Crippen molar-refractivity contribution in [1.29, 1.82) is 0 Å². The highest BCUT2D eigenvalue weighted by atomic mass is 35.5. The summed E-state index contributed by atoms with van der Waals surface area (Å²) in [5, 5.41) is 3.26. The Kier molecular flexibility index (Phi) is 6.29. The molecule has 0 spiro atoms. The zero-order chi connectivity index (χ0) is 19.7. The summed E-state index contributed by atoms with van der Waals surface area (Å²) in [6, 6.07) is 13.8. The molecule has 0 atom stereocenters. The van der Waals surface area contributed by atoms with E-state index >= 15 is 0 Å². The van der Waals surface area contributed by atoms with Gasteiger partial charge in [-0.05, 0) is 30.2 Å². The Balaban J connectivity index is 0.00000240. The molecule has 8 heteroatoms. The zero-order valence-electron chi connectivity index (χ0n) is 15.5. The average molecular weight is 442 g/mol. The van der Waals surface area contributed by atoms with Crippen molar-refractivity contribution in [3.63, 3.8) is 0 Å². The second-order valence-electron chi connectivity index (χ2n) is 6.41. The van der Waals surface area contributed by atoms with Crippen molar-refractivity contribution < 1.29 is 22.6 Å². The largest absolute Gasteiger partial charge is 0.492 e. The second kappa shape index (κ2) is 8.55. The minimum atomic E-state index is -4.41. The molecule has 0 aliphatic carbocycles. The molecule has 0 bridgehead atoms. The van der Waals surface area contributed by atoms with Gasteiger partial charge in [-0.2, -0.15) is 13.2 Å². The van der Waals surface area contributed by atoms with E-state index in [4.69, 9.17) is 9.47 Å². The number of methoxy groups -OCH3 is 1. The molecule has 0 radical (unpaired) electrons.